The molecule has 0 spiro atoms. The van der Waals surface area contributed by atoms with Crippen molar-refractivity contribution in [1.29, 1.82) is 0 Å². The lowest BCUT2D eigenvalue weighted by Crippen LogP contribution is -2.49. The summed E-state index contributed by atoms with van der Waals surface area (Å²) < 4.78 is 11.3. The van der Waals surface area contributed by atoms with Gasteiger partial charge in [-0.05, 0) is 93.4 Å². The molecular weight excluding hydrogens is 577 g/mol. The lowest BCUT2D eigenvalue weighted by molar-refractivity contribution is -0.143. The normalized spacial score (nSPS) is 15.0. The largest absolute Gasteiger partial charge is 0.459 e. The first-order valence-corrected chi connectivity index (χ1v) is 14.3. The van der Waals surface area contributed by atoms with Crippen molar-refractivity contribution in [2.24, 2.45) is 0 Å². The van der Waals surface area contributed by atoms with Crippen molar-refractivity contribution in [3.05, 3.63) is 105 Å². The van der Waals surface area contributed by atoms with Gasteiger partial charge in [-0.1, -0.05) is 35.3 Å². The van der Waals surface area contributed by atoms with E-state index in [9.17, 15) is 14.4 Å². The summed E-state index contributed by atoms with van der Waals surface area (Å²) in [6, 6.07) is 19.9. The van der Waals surface area contributed by atoms with Crippen LogP contribution in [0.15, 0.2) is 84.1 Å². The average molecular weight is 611 g/mol. The molecule has 1 aliphatic heterocycles. The SMILES string of the molecule is CC1=C(C(=O)OC(C)C)C(c2cccc(Cl)c2)N(CCCN(C)C(=O)c2ccc(Oc3ccc(Cl)cc3)cc2)C(=O)N1. The second kappa shape index (κ2) is 13.8. The topological polar surface area (TPSA) is 88.2 Å². The molecule has 3 aromatic rings. The highest BCUT2D eigenvalue weighted by Gasteiger charge is 2.38. The fourth-order valence-electron chi connectivity index (χ4n) is 4.68. The quantitative estimate of drug-likeness (QED) is 0.245. The van der Waals surface area contributed by atoms with E-state index in [1.54, 1.807) is 104 Å². The second-order valence-corrected chi connectivity index (χ2v) is 11.1. The molecular formula is C32H33Cl2N3O5. The number of carbonyl (C=O) groups excluding carboxylic acids is 3. The first-order chi connectivity index (χ1) is 20.0. The highest BCUT2D eigenvalue weighted by molar-refractivity contribution is 6.30. The van der Waals surface area contributed by atoms with Gasteiger partial charge in [-0.25, -0.2) is 9.59 Å². The van der Waals surface area contributed by atoms with Gasteiger partial charge in [-0.3, -0.25) is 4.79 Å². The third kappa shape index (κ3) is 7.63. The number of urea groups is 1. The van der Waals surface area contributed by atoms with Crippen molar-refractivity contribution in [3.63, 3.8) is 0 Å². The second-order valence-electron chi connectivity index (χ2n) is 10.2. The number of ether oxygens (including phenoxy) is 2. The molecule has 0 saturated heterocycles. The van der Waals surface area contributed by atoms with E-state index in [4.69, 9.17) is 32.7 Å². The molecule has 0 bridgehead atoms. The Balaban J connectivity index is 1.44. The van der Waals surface area contributed by atoms with Crippen LogP contribution in [0.25, 0.3) is 0 Å². The van der Waals surface area contributed by atoms with E-state index in [-0.39, 0.29) is 24.6 Å². The predicted octanol–water partition coefficient (Wildman–Crippen LogP) is 7.24. The summed E-state index contributed by atoms with van der Waals surface area (Å²) in [5.74, 6) is 0.557. The molecule has 0 radical (unpaired) electrons. The van der Waals surface area contributed by atoms with Gasteiger partial charge in [0, 0.05) is 41.4 Å². The predicted molar refractivity (Wildman–Crippen MR) is 163 cm³/mol. The molecule has 10 heteroatoms. The van der Waals surface area contributed by atoms with E-state index >= 15 is 0 Å². The molecule has 0 saturated carbocycles. The standard InChI is InChI=1S/C32H33Cl2N3O5/c1-20(2)41-31(39)28-21(3)35-32(40)37(29(28)23-7-5-8-25(34)19-23)18-6-17-36(4)30(38)22-9-13-26(14-10-22)42-27-15-11-24(33)12-16-27/h5,7-16,19-20,29H,6,17-18H2,1-4H3,(H,35,40). The Morgan fingerprint density at radius 1 is 0.976 bits per heavy atom. The van der Waals surface area contributed by atoms with Gasteiger partial charge in [0.25, 0.3) is 5.91 Å². The Morgan fingerprint density at radius 3 is 2.24 bits per heavy atom. The van der Waals surface area contributed by atoms with E-state index in [1.165, 1.54) is 0 Å². The van der Waals surface area contributed by atoms with Crippen molar-refractivity contribution < 1.29 is 23.9 Å². The lowest BCUT2D eigenvalue weighted by Gasteiger charge is -2.38. The Labute approximate surface area is 255 Å². The van der Waals surface area contributed by atoms with Gasteiger partial charge >= 0.3 is 12.0 Å². The molecule has 0 aromatic heterocycles. The molecule has 8 nitrogen and oxygen atoms in total. The van der Waals surface area contributed by atoms with Crippen LogP contribution in [0, 0.1) is 0 Å². The first kappa shape index (κ1) is 30.9. The maximum atomic E-state index is 13.2. The Morgan fingerprint density at radius 2 is 1.62 bits per heavy atom. The average Bonchev–Trinajstić information content (AvgIpc) is 2.94. The van der Waals surface area contributed by atoms with Crippen molar-refractivity contribution in [3.8, 4) is 11.5 Å². The van der Waals surface area contributed by atoms with Crippen molar-refractivity contribution in [1.82, 2.24) is 15.1 Å². The molecule has 0 fully saturated rings. The molecule has 1 N–H and O–H groups in total. The molecule has 1 atom stereocenters. The Kier molecular flexibility index (Phi) is 10.1. The summed E-state index contributed by atoms with van der Waals surface area (Å²) in [7, 11) is 1.71. The highest BCUT2D eigenvalue weighted by atomic mass is 35.5. The van der Waals surface area contributed by atoms with E-state index in [1.807, 2.05) is 6.07 Å². The number of amides is 3. The smallest absolute Gasteiger partial charge is 0.338 e. The number of nitrogens with zero attached hydrogens (tertiary/aromatic N) is 2. The summed E-state index contributed by atoms with van der Waals surface area (Å²) in [5, 5.41) is 3.90. The molecule has 3 amide bonds. The van der Waals surface area contributed by atoms with Crippen LogP contribution >= 0.6 is 23.2 Å². The fraction of sp³-hybridized carbons (Fsp3) is 0.281. The van der Waals surface area contributed by atoms with Crippen LogP contribution < -0.4 is 10.1 Å². The minimum absolute atomic E-state index is 0.167. The highest BCUT2D eigenvalue weighted by Crippen LogP contribution is 2.35. The third-order valence-electron chi connectivity index (χ3n) is 6.66. The maximum Gasteiger partial charge on any atom is 0.338 e. The molecule has 1 heterocycles. The number of halogens is 2. The van der Waals surface area contributed by atoms with Crippen LogP contribution in [0.3, 0.4) is 0 Å². The van der Waals surface area contributed by atoms with Crippen molar-refractivity contribution in [2.45, 2.75) is 39.3 Å². The zero-order valence-electron chi connectivity index (χ0n) is 23.9. The van der Waals surface area contributed by atoms with Gasteiger partial charge in [0.2, 0.25) is 0 Å². The van der Waals surface area contributed by atoms with E-state index < -0.39 is 12.0 Å². The van der Waals surface area contributed by atoms with Crippen LogP contribution in [-0.4, -0.2) is 53.9 Å². The van der Waals surface area contributed by atoms with E-state index in [0.29, 0.717) is 56.9 Å². The third-order valence-corrected chi connectivity index (χ3v) is 7.15. The van der Waals surface area contributed by atoms with E-state index in [2.05, 4.69) is 5.32 Å². The zero-order chi connectivity index (χ0) is 30.4. The molecule has 4 rings (SSSR count). The fourth-order valence-corrected chi connectivity index (χ4v) is 5.00. The van der Waals surface area contributed by atoms with Gasteiger partial charge in [-0.15, -0.1) is 0 Å². The molecule has 0 aliphatic carbocycles. The van der Waals surface area contributed by atoms with Crippen LogP contribution in [0.4, 0.5) is 4.79 Å². The number of nitrogens with one attached hydrogen (secondary N) is 1. The van der Waals surface area contributed by atoms with Crippen LogP contribution in [0.1, 0.15) is 49.2 Å². The van der Waals surface area contributed by atoms with Crippen LogP contribution in [0.5, 0.6) is 11.5 Å². The molecule has 3 aromatic carbocycles. The number of hydrogen-bond acceptors (Lipinski definition) is 5. The summed E-state index contributed by atoms with van der Waals surface area (Å²) in [6.07, 6.45) is 0.136. The number of rotatable bonds is 10. The molecule has 1 unspecified atom stereocenters. The van der Waals surface area contributed by atoms with Gasteiger partial charge < -0.3 is 24.6 Å². The van der Waals surface area contributed by atoms with Crippen LogP contribution in [-0.2, 0) is 9.53 Å². The summed E-state index contributed by atoms with van der Waals surface area (Å²) in [6.45, 7) is 5.88. The van der Waals surface area contributed by atoms with Gasteiger partial charge in [0.1, 0.15) is 11.5 Å². The van der Waals surface area contributed by atoms with Gasteiger partial charge in [0.05, 0.1) is 17.7 Å². The summed E-state index contributed by atoms with van der Waals surface area (Å²) >= 11 is 12.2. The number of allylic oxidation sites excluding steroid dienone is 1. The number of benzene rings is 3. The zero-order valence-corrected chi connectivity index (χ0v) is 25.4. The summed E-state index contributed by atoms with van der Waals surface area (Å²) in [4.78, 5) is 42.6. The van der Waals surface area contributed by atoms with Crippen LogP contribution in [0.2, 0.25) is 10.0 Å². The number of esters is 1. The van der Waals surface area contributed by atoms with Crippen molar-refractivity contribution >= 4 is 41.1 Å². The monoisotopic (exact) mass is 609 g/mol. The summed E-state index contributed by atoms with van der Waals surface area (Å²) in [5.41, 5.74) is 1.97. The minimum atomic E-state index is -0.696. The van der Waals surface area contributed by atoms with Gasteiger partial charge in [-0.2, -0.15) is 0 Å². The number of carbonyl (C=O) groups is 3. The molecule has 42 heavy (non-hydrogen) atoms. The molecule has 1 aliphatic rings. The minimum Gasteiger partial charge on any atom is -0.459 e. The van der Waals surface area contributed by atoms with Crippen molar-refractivity contribution in [2.75, 3.05) is 20.1 Å². The lowest BCUT2D eigenvalue weighted by atomic mass is 9.93. The first-order valence-electron chi connectivity index (χ1n) is 13.6. The maximum absolute atomic E-state index is 13.2. The number of hydrogen-bond donors (Lipinski definition) is 1. The van der Waals surface area contributed by atoms with E-state index in [0.717, 1.165) is 0 Å². The Bertz CT molecular complexity index is 1470. The Hall–Kier alpha value is -4.01. The molecule has 220 valence electrons. The van der Waals surface area contributed by atoms with Gasteiger partial charge in [0.15, 0.2) is 0 Å².